The maximum Gasteiger partial charge on any atom is 0.427 e. The van der Waals surface area contributed by atoms with Crippen molar-refractivity contribution in [3.8, 4) is 0 Å². The van der Waals surface area contributed by atoms with Gasteiger partial charge in [-0.25, -0.2) is 9.78 Å². The zero-order valence-electron chi connectivity index (χ0n) is 11.3. The van der Waals surface area contributed by atoms with E-state index in [1.54, 1.807) is 16.2 Å². The highest BCUT2D eigenvalue weighted by Crippen LogP contribution is 2.37. The van der Waals surface area contributed by atoms with E-state index in [0.29, 0.717) is 17.9 Å². The van der Waals surface area contributed by atoms with Crippen molar-refractivity contribution in [2.45, 2.75) is 25.1 Å². The largest absolute Gasteiger partial charge is 0.427 e. The van der Waals surface area contributed by atoms with E-state index in [4.69, 9.17) is 0 Å². The molecular weight excluding hydrogens is 335 g/mol. The Bertz CT molecular complexity index is 654. The molecule has 22 heavy (non-hydrogen) atoms. The fourth-order valence-corrected chi connectivity index (χ4v) is 3.96. The Balaban J connectivity index is 1.70. The van der Waals surface area contributed by atoms with Crippen LogP contribution in [-0.2, 0) is 6.18 Å². The Kier molecular flexibility index (Phi) is 4.09. The zero-order chi connectivity index (χ0) is 15.7. The number of urea groups is 1. The normalized spacial score (nSPS) is 18.7. The Morgan fingerprint density at radius 2 is 2.27 bits per heavy atom. The number of hydrogen-bond donors (Lipinski definition) is 1. The lowest BCUT2D eigenvalue weighted by atomic mass is 10.2. The molecule has 4 nitrogen and oxygen atoms in total. The number of carbonyl (C=O) groups excluding carboxylic acids is 1. The maximum absolute atomic E-state index is 12.5. The van der Waals surface area contributed by atoms with Gasteiger partial charge in [0.05, 0.1) is 12.2 Å². The Hall–Kier alpha value is -1.61. The van der Waals surface area contributed by atoms with E-state index in [-0.39, 0.29) is 11.2 Å². The van der Waals surface area contributed by atoms with Crippen LogP contribution < -0.4 is 5.32 Å². The molecule has 0 radical (unpaired) electrons. The number of rotatable bonds is 2. The predicted molar refractivity (Wildman–Crippen MR) is 79.1 cm³/mol. The topological polar surface area (TPSA) is 45.2 Å². The molecule has 1 aliphatic rings. The van der Waals surface area contributed by atoms with Crippen LogP contribution in [0.2, 0.25) is 0 Å². The standard InChI is InChI=1S/C13H12F3N3OS2/c14-13(15,16)10-7-17-11(22-10)18-12(20)19-5-1-3-8(19)9-4-2-6-21-9/h2,4,6-8H,1,3,5H2,(H,17,18,20)/t8-/m0/s1. The van der Waals surface area contributed by atoms with Crippen molar-refractivity contribution in [2.24, 2.45) is 0 Å². The third-order valence-corrected chi connectivity index (χ3v) is 5.32. The first-order chi connectivity index (χ1) is 10.4. The molecule has 1 saturated heterocycles. The number of anilines is 1. The van der Waals surface area contributed by atoms with E-state index in [1.807, 2.05) is 17.5 Å². The van der Waals surface area contributed by atoms with Gasteiger partial charge in [-0.2, -0.15) is 13.2 Å². The van der Waals surface area contributed by atoms with E-state index >= 15 is 0 Å². The minimum atomic E-state index is -4.44. The van der Waals surface area contributed by atoms with Crippen molar-refractivity contribution >= 4 is 33.8 Å². The zero-order valence-corrected chi connectivity index (χ0v) is 12.9. The molecule has 3 rings (SSSR count). The number of alkyl halides is 3. The molecule has 0 spiro atoms. The Labute approximate surface area is 132 Å². The molecule has 2 amide bonds. The van der Waals surface area contributed by atoms with Gasteiger partial charge in [-0.1, -0.05) is 17.4 Å². The van der Waals surface area contributed by atoms with Crippen molar-refractivity contribution in [1.82, 2.24) is 9.88 Å². The summed E-state index contributed by atoms with van der Waals surface area (Å²) in [6.07, 6.45) is -1.96. The molecule has 1 fully saturated rings. The van der Waals surface area contributed by atoms with Gasteiger partial charge in [-0.05, 0) is 24.3 Å². The van der Waals surface area contributed by atoms with E-state index in [0.717, 1.165) is 23.9 Å². The molecule has 3 heterocycles. The molecule has 1 aliphatic heterocycles. The van der Waals surface area contributed by atoms with Gasteiger partial charge in [0.15, 0.2) is 5.13 Å². The van der Waals surface area contributed by atoms with E-state index < -0.39 is 17.1 Å². The molecule has 9 heteroatoms. The summed E-state index contributed by atoms with van der Waals surface area (Å²) in [4.78, 5) is 17.8. The second-order valence-corrected chi connectivity index (χ2v) is 6.83. The summed E-state index contributed by atoms with van der Waals surface area (Å²) in [5, 5.41) is 4.38. The highest BCUT2D eigenvalue weighted by atomic mass is 32.1. The Morgan fingerprint density at radius 3 is 2.91 bits per heavy atom. The molecule has 0 aromatic carbocycles. The minimum absolute atomic E-state index is 0.0120. The molecular formula is C13H12F3N3OS2. The lowest BCUT2D eigenvalue weighted by Gasteiger charge is -2.23. The van der Waals surface area contributed by atoms with Gasteiger partial charge >= 0.3 is 12.2 Å². The van der Waals surface area contributed by atoms with Crippen LogP contribution in [0.3, 0.4) is 0 Å². The first-order valence-electron chi connectivity index (χ1n) is 6.59. The van der Waals surface area contributed by atoms with Crippen LogP contribution in [0.1, 0.15) is 28.6 Å². The molecule has 2 aromatic heterocycles. The number of hydrogen-bond acceptors (Lipinski definition) is 4. The highest BCUT2D eigenvalue weighted by molar-refractivity contribution is 7.15. The first-order valence-corrected chi connectivity index (χ1v) is 8.29. The van der Waals surface area contributed by atoms with E-state index in [1.165, 1.54) is 0 Å². The summed E-state index contributed by atoms with van der Waals surface area (Å²) in [6, 6.07) is 3.47. The Morgan fingerprint density at radius 1 is 1.45 bits per heavy atom. The van der Waals surface area contributed by atoms with E-state index in [2.05, 4.69) is 10.3 Å². The van der Waals surface area contributed by atoms with Gasteiger partial charge in [-0.15, -0.1) is 11.3 Å². The summed E-state index contributed by atoms with van der Waals surface area (Å²) >= 11 is 2.01. The van der Waals surface area contributed by atoms with Crippen LogP contribution >= 0.6 is 22.7 Å². The van der Waals surface area contributed by atoms with Gasteiger partial charge in [-0.3, -0.25) is 5.32 Å². The molecule has 1 atom stereocenters. The molecule has 0 bridgehead atoms. The lowest BCUT2D eigenvalue weighted by molar-refractivity contribution is -0.134. The van der Waals surface area contributed by atoms with Crippen molar-refractivity contribution < 1.29 is 18.0 Å². The summed E-state index contributed by atoms with van der Waals surface area (Å²) in [7, 11) is 0. The van der Waals surface area contributed by atoms with Crippen LogP contribution in [0, 0.1) is 0 Å². The summed E-state index contributed by atoms with van der Waals surface area (Å²) in [5.41, 5.74) is 0. The van der Waals surface area contributed by atoms with Crippen molar-refractivity contribution in [3.63, 3.8) is 0 Å². The third kappa shape index (κ3) is 3.09. The monoisotopic (exact) mass is 347 g/mol. The molecule has 0 unspecified atom stereocenters. The predicted octanol–water partition coefficient (Wildman–Crippen LogP) is 4.59. The second-order valence-electron chi connectivity index (χ2n) is 4.82. The van der Waals surface area contributed by atoms with Crippen molar-refractivity contribution in [3.05, 3.63) is 33.5 Å². The van der Waals surface area contributed by atoms with Gasteiger partial charge in [0.25, 0.3) is 0 Å². The van der Waals surface area contributed by atoms with Crippen LogP contribution in [0.4, 0.5) is 23.1 Å². The van der Waals surface area contributed by atoms with Crippen molar-refractivity contribution in [1.29, 1.82) is 0 Å². The molecule has 0 aliphatic carbocycles. The number of amides is 2. The smallest absolute Gasteiger partial charge is 0.317 e. The number of likely N-dealkylation sites (tertiary alicyclic amines) is 1. The van der Waals surface area contributed by atoms with Gasteiger partial charge < -0.3 is 4.90 Å². The SMILES string of the molecule is O=C(Nc1ncc(C(F)(F)F)s1)N1CCC[C@H]1c1cccs1. The van der Waals surface area contributed by atoms with Crippen molar-refractivity contribution in [2.75, 3.05) is 11.9 Å². The highest BCUT2D eigenvalue weighted by Gasteiger charge is 2.34. The number of aromatic nitrogens is 1. The fourth-order valence-electron chi connectivity index (χ4n) is 2.41. The average molecular weight is 347 g/mol. The van der Waals surface area contributed by atoms with Gasteiger partial charge in [0.2, 0.25) is 0 Å². The van der Waals surface area contributed by atoms with Crippen LogP contribution in [0.25, 0.3) is 0 Å². The maximum atomic E-state index is 12.5. The summed E-state index contributed by atoms with van der Waals surface area (Å²) in [5.74, 6) is 0. The summed E-state index contributed by atoms with van der Waals surface area (Å²) < 4.78 is 37.6. The van der Waals surface area contributed by atoms with Crippen LogP contribution in [0.5, 0.6) is 0 Å². The van der Waals surface area contributed by atoms with Gasteiger partial charge in [0, 0.05) is 11.4 Å². The number of nitrogens with zero attached hydrogens (tertiary/aromatic N) is 2. The number of carbonyl (C=O) groups is 1. The number of halogens is 3. The molecule has 2 aromatic rings. The number of thiophene rings is 1. The van der Waals surface area contributed by atoms with E-state index in [9.17, 15) is 18.0 Å². The molecule has 1 N–H and O–H groups in total. The quantitative estimate of drug-likeness (QED) is 0.863. The minimum Gasteiger partial charge on any atom is -0.317 e. The number of thiazole rings is 1. The van der Waals surface area contributed by atoms with Gasteiger partial charge in [0.1, 0.15) is 4.88 Å². The second kappa shape index (κ2) is 5.88. The first kappa shape index (κ1) is 15.3. The fraction of sp³-hybridized carbons (Fsp3) is 0.385. The van der Waals surface area contributed by atoms with Crippen LogP contribution in [0.15, 0.2) is 23.7 Å². The average Bonchev–Trinajstić information content (AvgIpc) is 3.18. The van der Waals surface area contributed by atoms with Crippen LogP contribution in [-0.4, -0.2) is 22.5 Å². The summed E-state index contributed by atoms with van der Waals surface area (Å²) in [6.45, 7) is 0.589. The lowest BCUT2D eigenvalue weighted by Crippen LogP contribution is -2.34. The third-order valence-electron chi connectivity index (χ3n) is 3.38. The number of nitrogens with one attached hydrogen (secondary N) is 1. The molecule has 118 valence electrons. The molecule has 0 saturated carbocycles.